The van der Waals surface area contributed by atoms with Crippen molar-refractivity contribution < 1.29 is 38.3 Å². The lowest BCUT2D eigenvalue weighted by Gasteiger charge is -2.17. The van der Waals surface area contributed by atoms with E-state index in [1.807, 2.05) is 0 Å². The molecule has 5 atom stereocenters. The first-order valence-corrected chi connectivity index (χ1v) is 8.81. The number of carbonyl (C=O) groups is 1. The Morgan fingerprint density at radius 1 is 1.38 bits per heavy atom. The van der Waals surface area contributed by atoms with Gasteiger partial charge in [-0.1, -0.05) is 0 Å². The molecule has 14 heteroatoms. The Bertz CT molecular complexity index is 874. The van der Waals surface area contributed by atoms with E-state index in [-0.39, 0.29) is 17.0 Å². The predicted molar refractivity (Wildman–Crippen MR) is 83.2 cm³/mol. The zero-order chi connectivity index (χ0) is 19.1. The number of phosphoric ester groups is 1. The summed E-state index contributed by atoms with van der Waals surface area (Å²) in [6.45, 7) is 0.324. The molecule has 0 aromatic carbocycles. The van der Waals surface area contributed by atoms with Crippen LogP contribution in [-0.2, 0) is 23.1 Å². The standard InChI is InChI=1S/C12H16N5O8P/c1-5(18)25-26(21,22)23-2-6-8(19)9(20)12(24-6)17-4-16-7-10(13)14-3-15-11(7)17/h3-4,6,8-9,12,19-20H,2H2,1H3,(H,21,22)(H2,13,14,15). The van der Waals surface area contributed by atoms with Crippen LogP contribution in [0.15, 0.2) is 12.7 Å². The number of ether oxygens (including phenoxy) is 1. The van der Waals surface area contributed by atoms with Crippen LogP contribution < -0.4 is 5.73 Å². The molecule has 13 nitrogen and oxygen atoms in total. The smallest absolute Gasteiger partial charge is 0.387 e. The number of imidazole rings is 1. The van der Waals surface area contributed by atoms with Gasteiger partial charge < -0.3 is 25.2 Å². The number of nitrogens with zero attached hydrogens (tertiary/aromatic N) is 4. The molecule has 2 aromatic heterocycles. The Kier molecular flexibility index (Phi) is 4.92. The Labute approximate surface area is 146 Å². The van der Waals surface area contributed by atoms with Gasteiger partial charge in [0.1, 0.15) is 30.2 Å². The van der Waals surface area contributed by atoms with Gasteiger partial charge >= 0.3 is 13.8 Å². The van der Waals surface area contributed by atoms with Crippen molar-refractivity contribution >= 4 is 30.8 Å². The first-order chi connectivity index (χ1) is 12.2. The van der Waals surface area contributed by atoms with Crippen molar-refractivity contribution in [2.75, 3.05) is 12.3 Å². The maximum Gasteiger partial charge on any atom is 0.529 e. The molecular weight excluding hydrogens is 373 g/mol. The number of aromatic nitrogens is 4. The quantitative estimate of drug-likeness (QED) is 0.443. The van der Waals surface area contributed by atoms with Crippen LogP contribution in [0.5, 0.6) is 0 Å². The molecule has 0 radical (unpaired) electrons. The SMILES string of the molecule is CC(=O)OP(=O)(O)OCC1OC(n2cnc3c(N)ncnc32)C(O)C1O. The fourth-order valence-corrected chi connectivity index (χ4v) is 3.22. The number of hydrogen-bond donors (Lipinski definition) is 4. The van der Waals surface area contributed by atoms with Crippen molar-refractivity contribution in [2.45, 2.75) is 31.5 Å². The monoisotopic (exact) mass is 389 g/mol. The van der Waals surface area contributed by atoms with E-state index in [4.69, 9.17) is 10.5 Å². The molecule has 5 N–H and O–H groups in total. The van der Waals surface area contributed by atoms with Crippen LogP contribution >= 0.6 is 7.82 Å². The van der Waals surface area contributed by atoms with Gasteiger partial charge in [0.2, 0.25) is 0 Å². The van der Waals surface area contributed by atoms with Gasteiger partial charge in [0.15, 0.2) is 17.7 Å². The van der Waals surface area contributed by atoms with Gasteiger partial charge in [-0.2, -0.15) is 0 Å². The second-order valence-electron chi connectivity index (χ2n) is 5.48. The molecule has 2 aromatic rings. The van der Waals surface area contributed by atoms with E-state index >= 15 is 0 Å². The lowest BCUT2D eigenvalue weighted by Crippen LogP contribution is -2.33. The van der Waals surface area contributed by atoms with E-state index in [1.165, 1.54) is 17.2 Å². The third-order valence-electron chi connectivity index (χ3n) is 3.64. The number of nitrogen functional groups attached to an aromatic ring is 1. The summed E-state index contributed by atoms with van der Waals surface area (Å²) < 4.78 is 27.1. The lowest BCUT2D eigenvalue weighted by molar-refractivity contribution is -0.133. The highest BCUT2D eigenvalue weighted by Crippen LogP contribution is 2.44. The molecule has 0 amide bonds. The molecule has 0 saturated carbocycles. The van der Waals surface area contributed by atoms with Crippen LogP contribution in [0.25, 0.3) is 11.2 Å². The Morgan fingerprint density at radius 3 is 2.81 bits per heavy atom. The number of hydrogen-bond acceptors (Lipinski definition) is 11. The molecular formula is C12H16N5O8P. The highest BCUT2D eigenvalue weighted by Gasteiger charge is 2.45. The van der Waals surface area contributed by atoms with Crippen LogP contribution in [0.2, 0.25) is 0 Å². The molecule has 1 fully saturated rings. The average molecular weight is 389 g/mol. The minimum absolute atomic E-state index is 0.129. The highest BCUT2D eigenvalue weighted by atomic mass is 31.2. The van der Waals surface area contributed by atoms with E-state index in [2.05, 4.69) is 24.0 Å². The van der Waals surface area contributed by atoms with Crippen molar-refractivity contribution in [3.8, 4) is 0 Å². The fourth-order valence-electron chi connectivity index (χ4n) is 2.51. The van der Waals surface area contributed by atoms with Crippen molar-refractivity contribution in [3.63, 3.8) is 0 Å². The summed E-state index contributed by atoms with van der Waals surface area (Å²) in [6.07, 6.45) is -2.64. The number of fused-ring (bicyclic) bond motifs is 1. The number of aliphatic hydroxyl groups is 2. The first-order valence-electron chi connectivity index (χ1n) is 7.31. The molecule has 0 spiro atoms. The van der Waals surface area contributed by atoms with Crippen LogP contribution in [0.3, 0.4) is 0 Å². The zero-order valence-electron chi connectivity index (χ0n) is 13.4. The molecule has 26 heavy (non-hydrogen) atoms. The first kappa shape index (κ1) is 18.6. The van der Waals surface area contributed by atoms with Crippen molar-refractivity contribution in [1.82, 2.24) is 19.5 Å². The second kappa shape index (κ2) is 6.87. The summed E-state index contributed by atoms with van der Waals surface area (Å²) in [7, 11) is -4.65. The summed E-state index contributed by atoms with van der Waals surface area (Å²) >= 11 is 0. The number of nitrogens with two attached hydrogens (primary N) is 1. The molecule has 5 unspecified atom stereocenters. The molecule has 3 rings (SSSR count). The summed E-state index contributed by atoms with van der Waals surface area (Å²) in [6, 6.07) is 0. The van der Waals surface area contributed by atoms with E-state index < -0.39 is 44.9 Å². The van der Waals surface area contributed by atoms with Gasteiger partial charge in [-0.15, -0.1) is 0 Å². The van der Waals surface area contributed by atoms with Gasteiger partial charge in [0, 0.05) is 6.92 Å². The number of phosphoric acid groups is 1. The Hall–Kier alpha value is -2.15. The normalized spacial score (nSPS) is 28.2. The van der Waals surface area contributed by atoms with Crippen LogP contribution in [0, 0.1) is 0 Å². The van der Waals surface area contributed by atoms with Crippen LogP contribution in [0.4, 0.5) is 5.82 Å². The fraction of sp³-hybridized carbons (Fsp3) is 0.500. The molecule has 142 valence electrons. The van der Waals surface area contributed by atoms with Gasteiger partial charge in [0.25, 0.3) is 0 Å². The van der Waals surface area contributed by atoms with Crippen LogP contribution in [0.1, 0.15) is 13.2 Å². The Balaban J connectivity index is 1.76. The van der Waals surface area contributed by atoms with Gasteiger partial charge in [-0.25, -0.2) is 19.5 Å². The number of anilines is 1. The van der Waals surface area contributed by atoms with Gasteiger partial charge in [-0.05, 0) is 0 Å². The molecule has 0 aliphatic carbocycles. The summed E-state index contributed by atoms with van der Waals surface area (Å²) in [5.74, 6) is -0.881. The molecule has 1 saturated heterocycles. The second-order valence-corrected chi connectivity index (χ2v) is 6.85. The summed E-state index contributed by atoms with van der Waals surface area (Å²) in [5, 5.41) is 20.3. The average Bonchev–Trinajstić information content (AvgIpc) is 3.08. The molecule has 1 aliphatic rings. The number of rotatable bonds is 5. The minimum atomic E-state index is -4.65. The predicted octanol–water partition coefficient (Wildman–Crippen LogP) is -1.29. The van der Waals surface area contributed by atoms with E-state index in [0.29, 0.717) is 0 Å². The topological polar surface area (TPSA) is 192 Å². The van der Waals surface area contributed by atoms with Crippen molar-refractivity contribution in [1.29, 1.82) is 0 Å². The molecule has 1 aliphatic heterocycles. The summed E-state index contributed by atoms with van der Waals surface area (Å²) in [5.41, 5.74) is 6.24. The van der Waals surface area contributed by atoms with E-state index in [0.717, 1.165) is 6.92 Å². The number of aliphatic hydroxyl groups excluding tert-OH is 2. The largest absolute Gasteiger partial charge is 0.529 e. The molecule has 0 bridgehead atoms. The zero-order valence-corrected chi connectivity index (χ0v) is 14.3. The highest BCUT2D eigenvalue weighted by molar-refractivity contribution is 7.48. The van der Waals surface area contributed by atoms with Crippen molar-refractivity contribution in [2.24, 2.45) is 0 Å². The van der Waals surface area contributed by atoms with E-state index in [1.54, 1.807) is 0 Å². The lowest BCUT2D eigenvalue weighted by atomic mass is 10.1. The Morgan fingerprint density at radius 2 is 2.12 bits per heavy atom. The maximum absolute atomic E-state index is 11.5. The maximum atomic E-state index is 11.5. The third kappa shape index (κ3) is 3.53. The summed E-state index contributed by atoms with van der Waals surface area (Å²) in [4.78, 5) is 31.9. The minimum Gasteiger partial charge on any atom is -0.387 e. The molecule has 3 heterocycles. The van der Waals surface area contributed by atoms with Gasteiger partial charge in [-0.3, -0.25) is 18.8 Å². The van der Waals surface area contributed by atoms with Crippen molar-refractivity contribution in [3.05, 3.63) is 12.7 Å². The van der Waals surface area contributed by atoms with E-state index in [9.17, 15) is 24.5 Å². The van der Waals surface area contributed by atoms with Crippen LogP contribution in [-0.4, -0.2) is 65.5 Å². The number of carbonyl (C=O) groups excluding carboxylic acids is 1. The third-order valence-corrected chi connectivity index (χ3v) is 4.61. The van der Waals surface area contributed by atoms with Gasteiger partial charge in [0.05, 0.1) is 12.9 Å².